The molecule has 1 fully saturated rings. The zero-order chi connectivity index (χ0) is 46.8. The van der Waals surface area contributed by atoms with Crippen molar-refractivity contribution in [3.8, 4) is 56.0 Å². The van der Waals surface area contributed by atoms with Gasteiger partial charge in [-0.1, -0.05) is 206 Å². The second-order valence-corrected chi connectivity index (χ2v) is 18.2. The first-order chi connectivity index (χ1) is 33.3. The predicted molar refractivity (Wildman–Crippen MR) is 276 cm³/mol. The number of hydrogen-bond acceptors (Lipinski definition) is 5. The number of nitrogens with zero attached hydrogens (tertiary/aromatic N) is 3. The van der Waals surface area contributed by atoms with Gasteiger partial charge in [-0.05, 0) is 138 Å². The van der Waals surface area contributed by atoms with E-state index in [1.54, 1.807) is 0 Å². The van der Waals surface area contributed by atoms with Gasteiger partial charge >= 0.3 is 29.7 Å². The van der Waals surface area contributed by atoms with Gasteiger partial charge in [0.2, 0.25) is 0 Å². The van der Waals surface area contributed by atoms with E-state index in [-0.39, 0.29) is 43.4 Å². The van der Waals surface area contributed by atoms with E-state index in [1.165, 1.54) is 0 Å². The van der Waals surface area contributed by atoms with Gasteiger partial charge in [0.15, 0.2) is 0 Å². The maximum atomic E-state index is 15.2. The average Bonchev–Trinajstić information content (AvgIpc) is 3.39. The van der Waals surface area contributed by atoms with Crippen molar-refractivity contribution < 1.29 is 46.9 Å². The van der Waals surface area contributed by atoms with Crippen LogP contribution in [0.4, 0.5) is 0 Å². The fraction of sp³-hybridized carbons (Fsp3) is 0.129. The SMILES string of the molecule is C[C@@]1(N=Cc2cc3ccccc3c(-c3c(-c4ccccc4)ccc4ccccc34)c2[O-])CCCC[C@@]1(C)N=Cc1cc2ccccc2c(-c2c(-c3ccccc3)ccc3ccccc23)c1[O-].N#[O+].[Cl-].[Ru+2]. The summed E-state index contributed by atoms with van der Waals surface area (Å²) in [5.41, 5.74) is 12.9. The Kier molecular flexibility index (Phi) is 14.6. The summed E-state index contributed by atoms with van der Waals surface area (Å²) in [5.74, 6) is -0.114. The average molecular weight is 1020 g/mol. The smallest absolute Gasteiger partial charge is 1.00 e. The molecule has 10 aromatic carbocycles. The van der Waals surface area contributed by atoms with Gasteiger partial charge in [0, 0.05) is 12.4 Å². The summed E-state index contributed by atoms with van der Waals surface area (Å²) in [7, 11) is 0. The number of benzene rings is 10. The van der Waals surface area contributed by atoms with Crippen LogP contribution in [0.1, 0.15) is 50.7 Å². The molecular weight excluding hydrogens is 971 g/mol. The Balaban J connectivity index is 0.00000163. The molecule has 1 aliphatic rings. The number of rotatable bonds is 8. The molecule has 1 saturated carbocycles. The molecule has 1 aliphatic carbocycles. The molecule has 6 nitrogen and oxygen atoms in total. The van der Waals surface area contributed by atoms with Crippen LogP contribution in [0.15, 0.2) is 204 Å². The minimum absolute atomic E-state index is 0. The Morgan fingerprint density at radius 1 is 0.429 bits per heavy atom. The van der Waals surface area contributed by atoms with Crippen LogP contribution >= 0.6 is 0 Å². The van der Waals surface area contributed by atoms with Gasteiger partial charge in [0.1, 0.15) is 0 Å². The Hall–Kier alpha value is -7.24. The third-order valence-corrected chi connectivity index (χ3v) is 14.3. The van der Waals surface area contributed by atoms with Gasteiger partial charge in [-0.2, -0.15) is 0 Å². The molecule has 0 aromatic heterocycles. The third-order valence-electron chi connectivity index (χ3n) is 14.3. The topological polar surface area (TPSA) is 115 Å². The summed E-state index contributed by atoms with van der Waals surface area (Å²) in [4.78, 5) is 10.8. The zero-order valence-electron chi connectivity index (χ0n) is 38.8. The molecule has 344 valence electrons. The molecule has 0 unspecified atom stereocenters. The first-order valence-corrected chi connectivity index (χ1v) is 23.2. The molecule has 2 atom stereocenters. The first kappa shape index (κ1) is 49.2. The van der Waals surface area contributed by atoms with Gasteiger partial charge in [-0.15, -0.1) is 0 Å². The normalized spacial score (nSPS) is 16.7. The van der Waals surface area contributed by atoms with Crippen LogP contribution in [-0.2, 0) is 24.3 Å². The quantitative estimate of drug-likeness (QED) is 0.0857. The zero-order valence-corrected chi connectivity index (χ0v) is 41.3. The van der Waals surface area contributed by atoms with Crippen molar-refractivity contribution in [1.82, 2.24) is 0 Å². The van der Waals surface area contributed by atoms with Crippen molar-refractivity contribution in [1.29, 1.82) is 5.46 Å². The van der Waals surface area contributed by atoms with Crippen LogP contribution in [0.3, 0.4) is 0 Å². The first-order valence-electron chi connectivity index (χ1n) is 23.2. The Bertz CT molecular complexity index is 3380. The molecule has 70 heavy (non-hydrogen) atoms. The molecular formula is C62H48ClN3O3Ru. The fourth-order valence-corrected chi connectivity index (χ4v) is 10.5. The molecule has 0 bridgehead atoms. The van der Waals surface area contributed by atoms with Crippen molar-refractivity contribution >= 4 is 55.5 Å². The van der Waals surface area contributed by atoms with Gasteiger partial charge < -0.3 is 22.6 Å². The van der Waals surface area contributed by atoms with Gasteiger partial charge in [-0.3, -0.25) is 9.98 Å². The summed E-state index contributed by atoms with van der Waals surface area (Å²) in [6.45, 7) is 4.33. The van der Waals surface area contributed by atoms with Crippen molar-refractivity contribution in [3.63, 3.8) is 0 Å². The number of aliphatic imine (C=N–C) groups is 2. The van der Waals surface area contributed by atoms with Crippen molar-refractivity contribution in [2.24, 2.45) is 9.98 Å². The summed E-state index contributed by atoms with van der Waals surface area (Å²) in [5, 5.41) is 38.4. The van der Waals surface area contributed by atoms with E-state index < -0.39 is 11.1 Å². The number of fused-ring (bicyclic) bond motifs is 4. The van der Waals surface area contributed by atoms with E-state index >= 15 is 10.2 Å². The van der Waals surface area contributed by atoms with E-state index in [9.17, 15) is 0 Å². The minimum atomic E-state index is -0.659. The van der Waals surface area contributed by atoms with Crippen LogP contribution in [0.2, 0.25) is 0 Å². The molecule has 0 N–H and O–H groups in total. The van der Waals surface area contributed by atoms with Crippen LogP contribution < -0.4 is 22.6 Å². The molecule has 0 spiro atoms. The van der Waals surface area contributed by atoms with Gasteiger partial charge in [-0.25, -0.2) is 0 Å². The molecule has 0 saturated heterocycles. The Morgan fingerprint density at radius 3 is 1.11 bits per heavy atom. The molecule has 10 aromatic rings. The standard InChI is InChI=1S/C62H50N2O2.ClH.NO.Ru/c1-61(63-39-47-37-45-25-11-15-29-51(45)57(59(47)65)55-49-27-13-9-23-43(49)31-33-53(55)41-19-5-3-6-20-41)35-17-18-36-62(61,2)64-40-48-38-46-26-12-16-30-52(46)58(60(48)66)56-50-28-14-10-24-44(50)32-34-54(56)42-21-7-4-8-22-42;;1-2;/h3-16,19-34,37-40,65-66H,17-18,35-36H2,1-2H3;1H;;/q;;+1;+2/p-3/t61-,62-;;;/m1.../s1. The Labute approximate surface area is 427 Å². The van der Waals surface area contributed by atoms with Crippen molar-refractivity contribution in [2.45, 2.75) is 50.6 Å². The molecule has 0 radical (unpaired) electrons. The summed E-state index contributed by atoms with van der Waals surface area (Å²) >= 11 is 0. The second-order valence-electron chi connectivity index (χ2n) is 18.2. The van der Waals surface area contributed by atoms with E-state index in [0.717, 1.165) is 102 Å². The largest absolute Gasteiger partial charge is 2.00 e. The summed E-state index contributed by atoms with van der Waals surface area (Å²) < 4.78 is 7.25. The van der Waals surface area contributed by atoms with Crippen molar-refractivity contribution in [2.75, 3.05) is 0 Å². The van der Waals surface area contributed by atoms with E-state index in [1.807, 2.05) is 109 Å². The van der Waals surface area contributed by atoms with Crippen LogP contribution in [0, 0.1) is 5.46 Å². The predicted octanol–water partition coefficient (Wildman–Crippen LogP) is 11.6. The second kappa shape index (κ2) is 20.8. The molecule has 0 heterocycles. The Morgan fingerprint density at radius 2 is 0.743 bits per heavy atom. The van der Waals surface area contributed by atoms with E-state index in [0.29, 0.717) is 22.3 Å². The molecule has 8 heteroatoms. The van der Waals surface area contributed by atoms with Gasteiger partial charge in [0.05, 0.1) is 11.1 Å². The third kappa shape index (κ3) is 8.83. The van der Waals surface area contributed by atoms with E-state index in [2.05, 4.69) is 111 Å². The molecule has 0 aliphatic heterocycles. The fourth-order valence-electron chi connectivity index (χ4n) is 10.5. The molecule has 11 rings (SSSR count). The maximum absolute atomic E-state index is 15.2. The van der Waals surface area contributed by atoms with Gasteiger partial charge in [0.25, 0.3) is 0 Å². The molecule has 0 amide bonds. The monoisotopic (exact) mass is 1020 g/mol. The van der Waals surface area contributed by atoms with Crippen LogP contribution in [0.5, 0.6) is 11.5 Å². The maximum Gasteiger partial charge on any atom is 2.00 e. The summed E-state index contributed by atoms with van der Waals surface area (Å²) in [6, 6.07) is 66.2. The van der Waals surface area contributed by atoms with E-state index in [4.69, 9.17) is 20.2 Å². The van der Waals surface area contributed by atoms with Crippen LogP contribution in [-0.4, -0.2) is 23.5 Å². The minimum Gasteiger partial charge on any atom is -1.00 e. The number of halogens is 1. The van der Waals surface area contributed by atoms with Crippen LogP contribution in [0.25, 0.3) is 87.6 Å². The number of hydrogen-bond donors (Lipinski definition) is 0. The van der Waals surface area contributed by atoms with Crippen molar-refractivity contribution in [3.05, 3.63) is 205 Å². The summed E-state index contributed by atoms with van der Waals surface area (Å²) in [6.07, 6.45) is 7.17.